The molecule has 0 unspecified atom stereocenters. The van der Waals surface area contributed by atoms with Crippen LogP contribution >= 0.6 is 0 Å². The summed E-state index contributed by atoms with van der Waals surface area (Å²) in [6.45, 7) is 6.48. The summed E-state index contributed by atoms with van der Waals surface area (Å²) in [4.78, 5) is 25.4. The minimum Gasteiger partial charge on any atom is -0.508 e. The van der Waals surface area contributed by atoms with Crippen molar-refractivity contribution in [3.05, 3.63) is 71.0 Å². The third-order valence-corrected chi connectivity index (χ3v) is 5.53. The number of methoxy groups -OCH3 is 2. The molecule has 0 atom stereocenters. The summed E-state index contributed by atoms with van der Waals surface area (Å²) in [5, 5.41) is 10.4. The van der Waals surface area contributed by atoms with E-state index in [2.05, 4.69) is 24.8 Å². The molecule has 32 heavy (non-hydrogen) atoms. The molecule has 2 rings (SSSR count). The number of ether oxygens (including phenoxy) is 2. The first-order valence-corrected chi connectivity index (χ1v) is 11.0. The maximum Gasteiger partial charge on any atom is 0.337 e. The van der Waals surface area contributed by atoms with Crippen LogP contribution in [-0.2, 0) is 20.8 Å². The van der Waals surface area contributed by atoms with Gasteiger partial charge in [-0.25, -0.2) is 4.79 Å². The van der Waals surface area contributed by atoms with E-state index in [1.54, 1.807) is 18.2 Å². The highest BCUT2D eigenvalue weighted by atomic mass is 16.5. The lowest BCUT2D eigenvalue weighted by Crippen LogP contribution is -2.26. The summed E-state index contributed by atoms with van der Waals surface area (Å²) < 4.78 is 9.49. The van der Waals surface area contributed by atoms with Crippen molar-refractivity contribution >= 4 is 11.9 Å². The van der Waals surface area contributed by atoms with Gasteiger partial charge in [0.15, 0.2) is 0 Å². The highest BCUT2D eigenvalue weighted by molar-refractivity contribution is 5.89. The number of aliphatic hydroxyl groups is 1. The molecule has 0 saturated carbocycles. The molecule has 0 amide bonds. The first-order valence-electron chi connectivity index (χ1n) is 11.0. The molecular formula is C26H35NO5. The number of carbonyl (C=O) groups is 2. The normalized spacial score (nSPS) is 15.0. The number of aliphatic hydroxyl groups excluding tert-OH is 1. The van der Waals surface area contributed by atoms with E-state index in [-0.39, 0.29) is 17.4 Å². The van der Waals surface area contributed by atoms with Crippen molar-refractivity contribution in [2.24, 2.45) is 5.41 Å². The first kappa shape index (κ1) is 25.4. The van der Waals surface area contributed by atoms with Gasteiger partial charge < -0.3 is 14.6 Å². The van der Waals surface area contributed by atoms with Crippen molar-refractivity contribution in [2.75, 3.05) is 27.3 Å². The zero-order chi connectivity index (χ0) is 23.6. The second kappa shape index (κ2) is 12.2. The molecule has 0 spiro atoms. The molecular weight excluding hydrogens is 406 g/mol. The zero-order valence-corrected chi connectivity index (χ0v) is 19.6. The Bertz CT molecular complexity index is 865. The largest absolute Gasteiger partial charge is 0.508 e. The van der Waals surface area contributed by atoms with Gasteiger partial charge in [0.1, 0.15) is 5.76 Å². The van der Waals surface area contributed by atoms with Crippen LogP contribution in [0.4, 0.5) is 0 Å². The second-order valence-corrected chi connectivity index (χ2v) is 8.65. The maximum absolute atomic E-state index is 11.7. The van der Waals surface area contributed by atoms with Crippen LogP contribution in [0.25, 0.3) is 0 Å². The topological polar surface area (TPSA) is 76.1 Å². The Labute approximate surface area is 191 Å². The minimum atomic E-state index is -0.352. The third-order valence-electron chi connectivity index (χ3n) is 5.53. The van der Waals surface area contributed by atoms with Crippen molar-refractivity contribution in [3.8, 4) is 0 Å². The Morgan fingerprint density at radius 1 is 0.969 bits per heavy atom. The fourth-order valence-corrected chi connectivity index (χ4v) is 3.45. The Hall–Kier alpha value is -2.86. The number of unbranched alkanes of at least 4 members (excludes halogenated alkanes) is 1. The van der Waals surface area contributed by atoms with Crippen LogP contribution in [0, 0.1) is 5.41 Å². The predicted molar refractivity (Wildman–Crippen MR) is 125 cm³/mol. The molecule has 1 aromatic rings. The zero-order valence-electron chi connectivity index (χ0n) is 19.6. The third kappa shape index (κ3) is 8.35. The van der Waals surface area contributed by atoms with Crippen LogP contribution in [0.5, 0.6) is 0 Å². The summed E-state index contributed by atoms with van der Waals surface area (Å²) in [6.07, 6.45) is 10.6. The average Bonchev–Trinajstić information content (AvgIpc) is 2.92. The molecule has 1 N–H and O–H groups in total. The Balaban J connectivity index is 2.04. The van der Waals surface area contributed by atoms with E-state index in [1.807, 2.05) is 24.3 Å². The number of hydrogen-bond donors (Lipinski definition) is 1. The summed E-state index contributed by atoms with van der Waals surface area (Å²) >= 11 is 0. The van der Waals surface area contributed by atoms with Gasteiger partial charge in [-0.1, -0.05) is 44.2 Å². The summed E-state index contributed by atoms with van der Waals surface area (Å²) in [5.41, 5.74) is 2.42. The molecule has 0 heterocycles. The fourth-order valence-electron chi connectivity index (χ4n) is 3.45. The predicted octanol–water partition coefficient (Wildman–Crippen LogP) is 4.97. The SMILES string of the molecule is COC(=O)CCCCN(CCC1=C(O)C=CC(C)(C)C=C1)Cc1ccc(C(=O)OC)cc1. The molecule has 1 aromatic carbocycles. The average molecular weight is 442 g/mol. The highest BCUT2D eigenvalue weighted by Crippen LogP contribution is 2.26. The summed E-state index contributed by atoms with van der Waals surface area (Å²) in [6, 6.07) is 7.40. The molecule has 6 heteroatoms. The Morgan fingerprint density at radius 2 is 1.66 bits per heavy atom. The van der Waals surface area contributed by atoms with Crippen LogP contribution in [-0.4, -0.2) is 49.3 Å². The fraction of sp³-hybridized carbons (Fsp3) is 0.462. The molecule has 174 valence electrons. The van der Waals surface area contributed by atoms with Crippen molar-refractivity contribution in [2.45, 2.75) is 46.1 Å². The van der Waals surface area contributed by atoms with Gasteiger partial charge in [-0.15, -0.1) is 0 Å². The van der Waals surface area contributed by atoms with Crippen LogP contribution in [0.15, 0.2) is 59.9 Å². The van der Waals surface area contributed by atoms with E-state index in [0.29, 0.717) is 30.7 Å². The molecule has 0 bridgehead atoms. The van der Waals surface area contributed by atoms with Gasteiger partial charge >= 0.3 is 11.9 Å². The molecule has 0 aromatic heterocycles. The van der Waals surface area contributed by atoms with Gasteiger partial charge in [0.05, 0.1) is 19.8 Å². The number of benzene rings is 1. The lowest BCUT2D eigenvalue weighted by Gasteiger charge is -2.23. The van der Waals surface area contributed by atoms with E-state index in [9.17, 15) is 14.7 Å². The summed E-state index contributed by atoms with van der Waals surface area (Å²) in [5.74, 6) is -0.238. The van der Waals surface area contributed by atoms with Crippen molar-refractivity contribution < 1.29 is 24.2 Å². The minimum absolute atomic E-state index is 0.0926. The van der Waals surface area contributed by atoms with Crippen LogP contribution in [0.1, 0.15) is 55.5 Å². The number of allylic oxidation sites excluding steroid dienone is 4. The van der Waals surface area contributed by atoms with E-state index in [1.165, 1.54) is 14.2 Å². The monoisotopic (exact) mass is 441 g/mol. The second-order valence-electron chi connectivity index (χ2n) is 8.65. The standard InChI is InChI=1S/C26H35NO5/c1-26(2)15-12-21(23(28)13-16-26)14-18-27(17-6-5-7-24(29)31-3)19-20-8-10-22(11-9-20)25(30)32-4/h8-13,15-16,28H,5-7,14,17-19H2,1-4H3. The highest BCUT2D eigenvalue weighted by Gasteiger charge is 2.15. The van der Waals surface area contributed by atoms with Crippen molar-refractivity contribution in [1.82, 2.24) is 4.90 Å². The van der Waals surface area contributed by atoms with Gasteiger partial charge in [-0.2, -0.15) is 0 Å². The molecule has 0 saturated heterocycles. The molecule has 1 aliphatic carbocycles. The van der Waals surface area contributed by atoms with Gasteiger partial charge in [-0.3, -0.25) is 9.69 Å². The lowest BCUT2D eigenvalue weighted by atomic mass is 9.93. The van der Waals surface area contributed by atoms with Gasteiger partial charge in [-0.05, 0) is 55.2 Å². The Morgan fingerprint density at radius 3 is 2.31 bits per heavy atom. The number of nitrogens with zero attached hydrogens (tertiary/aromatic N) is 1. The summed E-state index contributed by atoms with van der Waals surface area (Å²) in [7, 11) is 2.78. The number of carbonyl (C=O) groups excluding carboxylic acids is 2. The van der Waals surface area contributed by atoms with Gasteiger partial charge in [0.2, 0.25) is 0 Å². The smallest absolute Gasteiger partial charge is 0.337 e. The van der Waals surface area contributed by atoms with Crippen molar-refractivity contribution in [3.63, 3.8) is 0 Å². The molecule has 0 aliphatic heterocycles. The van der Waals surface area contributed by atoms with Crippen LogP contribution in [0.2, 0.25) is 0 Å². The number of hydrogen-bond acceptors (Lipinski definition) is 6. The van der Waals surface area contributed by atoms with Crippen LogP contribution in [0.3, 0.4) is 0 Å². The molecule has 1 aliphatic rings. The number of esters is 2. The quantitative estimate of drug-likeness (QED) is 0.386. The van der Waals surface area contributed by atoms with Crippen molar-refractivity contribution in [1.29, 1.82) is 0 Å². The Kier molecular flexibility index (Phi) is 9.72. The van der Waals surface area contributed by atoms with E-state index < -0.39 is 0 Å². The van der Waals surface area contributed by atoms with Gasteiger partial charge in [0, 0.05) is 24.9 Å². The molecule has 6 nitrogen and oxygen atoms in total. The first-order chi connectivity index (χ1) is 15.2. The maximum atomic E-state index is 11.7. The lowest BCUT2D eigenvalue weighted by molar-refractivity contribution is -0.140. The number of rotatable bonds is 11. The van der Waals surface area contributed by atoms with E-state index in [0.717, 1.165) is 37.1 Å². The van der Waals surface area contributed by atoms with E-state index >= 15 is 0 Å². The van der Waals surface area contributed by atoms with E-state index in [4.69, 9.17) is 9.47 Å². The molecule has 0 radical (unpaired) electrons. The van der Waals surface area contributed by atoms with Crippen LogP contribution < -0.4 is 0 Å². The molecule has 0 fully saturated rings. The van der Waals surface area contributed by atoms with Gasteiger partial charge in [0.25, 0.3) is 0 Å².